The molecular formula is C14H20N2O3. The van der Waals surface area contributed by atoms with Gasteiger partial charge in [-0.3, -0.25) is 4.79 Å². The molecule has 5 nitrogen and oxygen atoms in total. The fourth-order valence-electron chi connectivity index (χ4n) is 1.63. The molecule has 1 rings (SSSR count). The van der Waals surface area contributed by atoms with Crippen LogP contribution in [-0.4, -0.2) is 25.0 Å². The summed E-state index contributed by atoms with van der Waals surface area (Å²) in [5.74, 6) is -0.372. The first-order valence-corrected chi connectivity index (χ1v) is 6.23. The van der Waals surface area contributed by atoms with Gasteiger partial charge in [-0.05, 0) is 31.5 Å². The lowest BCUT2D eigenvalue weighted by Crippen LogP contribution is -2.27. The van der Waals surface area contributed by atoms with Crippen molar-refractivity contribution in [1.29, 1.82) is 0 Å². The molecular weight excluding hydrogens is 244 g/mol. The van der Waals surface area contributed by atoms with Crippen LogP contribution in [-0.2, 0) is 14.3 Å². The van der Waals surface area contributed by atoms with Crippen molar-refractivity contribution in [3.63, 3.8) is 0 Å². The summed E-state index contributed by atoms with van der Waals surface area (Å²) in [6.07, 6.45) is 0.426. The summed E-state index contributed by atoms with van der Waals surface area (Å²) in [6, 6.07) is 5.07. The fraction of sp³-hybridized carbons (Fsp3) is 0.429. The number of methoxy groups -OCH3 is 1. The number of benzene rings is 1. The number of amides is 1. The van der Waals surface area contributed by atoms with Crippen LogP contribution in [0.2, 0.25) is 0 Å². The molecule has 0 aromatic heterocycles. The predicted octanol–water partition coefficient (Wildman–Crippen LogP) is 2.32. The molecule has 1 aromatic carbocycles. The van der Waals surface area contributed by atoms with Gasteiger partial charge in [0.2, 0.25) is 5.91 Å². The lowest BCUT2D eigenvalue weighted by molar-refractivity contribution is -0.141. The Hall–Kier alpha value is -2.04. The Labute approximate surface area is 113 Å². The maximum Gasteiger partial charge on any atom is 0.327 e. The average molecular weight is 264 g/mol. The lowest BCUT2D eigenvalue weighted by atomic mass is 10.1. The Balaban J connectivity index is 2.88. The molecule has 0 saturated carbocycles. The number of rotatable bonds is 5. The van der Waals surface area contributed by atoms with E-state index in [1.807, 2.05) is 25.1 Å². The third kappa shape index (κ3) is 3.98. The molecule has 104 valence electrons. The summed E-state index contributed by atoms with van der Waals surface area (Å²) in [5, 5.41) is 5.89. The number of carbonyl (C=O) groups excluding carboxylic acids is 2. The topological polar surface area (TPSA) is 67.4 Å². The summed E-state index contributed by atoms with van der Waals surface area (Å²) >= 11 is 0. The van der Waals surface area contributed by atoms with E-state index in [2.05, 4.69) is 15.4 Å². The van der Waals surface area contributed by atoms with Crippen LogP contribution in [0.3, 0.4) is 0 Å². The van der Waals surface area contributed by atoms with Gasteiger partial charge in [0.05, 0.1) is 7.11 Å². The molecule has 0 spiro atoms. The molecule has 1 amide bonds. The molecule has 5 heteroatoms. The van der Waals surface area contributed by atoms with Crippen LogP contribution in [0.5, 0.6) is 0 Å². The number of hydrogen-bond donors (Lipinski definition) is 2. The van der Waals surface area contributed by atoms with E-state index in [0.29, 0.717) is 6.42 Å². The molecule has 0 aliphatic rings. The summed E-state index contributed by atoms with van der Waals surface area (Å²) in [6.45, 7) is 5.41. The van der Waals surface area contributed by atoms with E-state index in [0.717, 1.165) is 16.9 Å². The number of esters is 1. The van der Waals surface area contributed by atoms with Crippen LogP contribution in [0.15, 0.2) is 18.2 Å². The summed E-state index contributed by atoms with van der Waals surface area (Å²) in [4.78, 5) is 22.8. The van der Waals surface area contributed by atoms with Gasteiger partial charge in [0, 0.05) is 17.8 Å². The van der Waals surface area contributed by atoms with Crippen molar-refractivity contribution >= 4 is 23.3 Å². The highest BCUT2D eigenvalue weighted by Crippen LogP contribution is 2.24. The van der Waals surface area contributed by atoms with Crippen LogP contribution in [0.1, 0.15) is 25.8 Å². The van der Waals surface area contributed by atoms with Crippen molar-refractivity contribution in [2.75, 3.05) is 17.7 Å². The van der Waals surface area contributed by atoms with Crippen LogP contribution < -0.4 is 10.6 Å². The number of ether oxygens (including phenoxy) is 1. The van der Waals surface area contributed by atoms with Crippen molar-refractivity contribution in [1.82, 2.24) is 0 Å². The van der Waals surface area contributed by atoms with Gasteiger partial charge in [0.25, 0.3) is 0 Å². The maximum absolute atomic E-state index is 11.4. The van der Waals surface area contributed by atoms with Crippen molar-refractivity contribution in [3.8, 4) is 0 Å². The van der Waals surface area contributed by atoms with E-state index in [1.165, 1.54) is 7.11 Å². The monoisotopic (exact) mass is 264 g/mol. The maximum atomic E-state index is 11.4. The Bertz CT molecular complexity index is 472. The van der Waals surface area contributed by atoms with Gasteiger partial charge in [0.15, 0.2) is 0 Å². The molecule has 0 aliphatic carbocycles. The number of hydrogen-bond acceptors (Lipinski definition) is 4. The molecule has 1 unspecified atom stereocenters. The zero-order chi connectivity index (χ0) is 14.4. The van der Waals surface area contributed by atoms with Crippen LogP contribution >= 0.6 is 0 Å². The van der Waals surface area contributed by atoms with E-state index in [9.17, 15) is 9.59 Å². The largest absolute Gasteiger partial charge is 0.467 e. The molecule has 0 heterocycles. The molecule has 1 atom stereocenters. The Morgan fingerprint density at radius 3 is 2.53 bits per heavy atom. The number of nitrogens with one attached hydrogen (secondary N) is 2. The lowest BCUT2D eigenvalue weighted by Gasteiger charge is -2.17. The zero-order valence-electron chi connectivity index (χ0n) is 11.7. The highest BCUT2D eigenvalue weighted by Gasteiger charge is 2.14. The average Bonchev–Trinajstić information content (AvgIpc) is 2.41. The molecule has 0 fully saturated rings. The zero-order valence-corrected chi connectivity index (χ0v) is 11.7. The van der Waals surface area contributed by atoms with Crippen LogP contribution in [0, 0.1) is 6.92 Å². The first-order valence-electron chi connectivity index (χ1n) is 6.23. The van der Waals surface area contributed by atoms with Crippen molar-refractivity contribution in [3.05, 3.63) is 23.8 Å². The van der Waals surface area contributed by atoms with E-state index in [1.54, 1.807) is 13.8 Å². The fourth-order valence-corrected chi connectivity index (χ4v) is 1.63. The first kappa shape index (κ1) is 15.0. The van der Waals surface area contributed by atoms with Gasteiger partial charge in [-0.15, -0.1) is 0 Å². The minimum absolute atomic E-state index is 0.0405. The van der Waals surface area contributed by atoms with E-state index < -0.39 is 6.04 Å². The molecule has 0 saturated heterocycles. The van der Waals surface area contributed by atoms with Gasteiger partial charge in [-0.1, -0.05) is 13.0 Å². The van der Waals surface area contributed by atoms with E-state index >= 15 is 0 Å². The summed E-state index contributed by atoms with van der Waals surface area (Å²) in [5.41, 5.74) is 2.43. The Kier molecular flexibility index (Phi) is 5.36. The summed E-state index contributed by atoms with van der Waals surface area (Å²) in [7, 11) is 1.35. The second-order valence-corrected chi connectivity index (χ2v) is 4.27. The minimum atomic E-state index is -0.444. The molecule has 1 aromatic rings. The SMILES string of the molecule is CCC(=O)Nc1cccc(NC(C)C(=O)OC)c1C. The third-order valence-corrected chi connectivity index (χ3v) is 2.86. The predicted molar refractivity (Wildman–Crippen MR) is 75.2 cm³/mol. The van der Waals surface area contributed by atoms with Crippen molar-refractivity contribution < 1.29 is 14.3 Å². The molecule has 0 bridgehead atoms. The van der Waals surface area contributed by atoms with Gasteiger partial charge in [-0.2, -0.15) is 0 Å². The minimum Gasteiger partial charge on any atom is -0.467 e. The van der Waals surface area contributed by atoms with Crippen LogP contribution in [0.4, 0.5) is 11.4 Å². The normalized spacial score (nSPS) is 11.6. The van der Waals surface area contributed by atoms with Gasteiger partial charge in [0.1, 0.15) is 6.04 Å². The second-order valence-electron chi connectivity index (χ2n) is 4.27. The molecule has 2 N–H and O–H groups in total. The number of carbonyl (C=O) groups is 2. The second kappa shape index (κ2) is 6.78. The highest BCUT2D eigenvalue weighted by molar-refractivity contribution is 5.92. The third-order valence-electron chi connectivity index (χ3n) is 2.86. The van der Waals surface area contributed by atoms with Crippen molar-refractivity contribution in [2.24, 2.45) is 0 Å². The highest BCUT2D eigenvalue weighted by atomic mass is 16.5. The standard InChI is InChI=1S/C14H20N2O3/c1-5-13(17)16-12-8-6-7-11(9(12)2)15-10(3)14(18)19-4/h6-8,10,15H,5H2,1-4H3,(H,16,17). The Morgan fingerprint density at radius 2 is 1.95 bits per heavy atom. The van der Waals surface area contributed by atoms with E-state index in [4.69, 9.17) is 0 Å². The van der Waals surface area contributed by atoms with Gasteiger partial charge >= 0.3 is 5.97 Å². The molecule has 19 heavy (non-hydrogen) atoms. The summed E-state index contributed by atoms with van der Waals surface area (Å²) < 4.78 is 4.67. The Morgan fingerprint density at radius 1 is 1.32 bits per heavy atom. The molecule has 0 radical (unpaired) electrons. The van der Waals surface area contributed by atoms with E-state index in [-0.39, 0.29) is 11.9 Å². The quantitative estimate of drug-likeness (QED) is 0.801. The first-order chi connectivity index (χ1) is 8.99. The van der Waals surface area contributed by atoms with Crippen molar-refractivity contribution in [2.45, 2.75) is 33.2 Å². The van der Waals surface area contributed by atoms with Gasteiger partial charge < -0.3 is 15.4 Å². The number of anilines is 2. The smallest absolute Gasteiger partial charge is 0.327 e. The van der Waals surface area contributed by atoms with Crippen LogP contribution in [0.25, 0.3) is 0 Å². The molecule has 0 aliphatic heterocycles. The van der Waals surface area contributed by atoms with Gasteiger partial charge in [-0.25, -0.2) is 4.79 Å².